The lowest BCUT2D eigenvalue weighted by molar-refractivity contribution is 0.0995. The Labute approximate surface area is 140 Å². The fourth-order valence-corrected chi connectivity index (χ4v) is 3.07. The van der Waals surface area contributed by atoms with Crippen molar-refractivity contribution in [3.63, 3.8) is 0 Å². The number of nitrogens with zero attached hydrogens (tertiary/aromatic N) is 1. The molecule has 22 heavy (non-hydrogen) atoms. The van der Waals surface area contributed by atoms with Gasteiger partial charge in [0.05, 0.1) is 5.69 Å². The number of carbonyl (C=O) groups is 1. The number of hydrogen-bond donors (Lipinski definition) is 1. The summed E-state index contributed by atoms with van der Waals surface area (Å²) >= 11 is 4.57. The number of furan rings is 1. The van der Waals surface area contributed by atoms with Gasteiger partial charge in [-0.15, -0.1) is 11.3 Å². The third-order valence-corrected chi connectivity index (χ3v) is 4.37. The number of benzene rings is 1. The first-order chi connectivity index (χ1) is 10.5. The van der Waals surface area contributed by atoms with Crippen LogP contribution in [0.25, 0.3) is 11.3 Å². The van der Waals surface area contributed by atoms with E-state index in [9.17, 15) is 4.79 Å². The molecule has 0 saturated carbocycles. The number of carbonyl (C=O) groups excluding carboxylic acids is 1. The van der Waals surface area contributed by atoms with E-state index in [1.165, 1.54) is 16.9 Å². The molecule has 1 amide bonds. The number of hydrogen-bond acceptors (Lipinski definition) is 4. The largest absolute Gasteiger partial charge is 0.444 e. The summed E-state index contributed by atoms with van der Waals surface area (Å²) in [6, 6.07) is 9.53. The predicted octanol–water partition coefficient (Wildman–Crippen LogP) is 5.03. The molecule has 0 aliphatic carbocycles. The summed E-state index contributed by atoms with van der Waals surface area (Å²) in [5, 5.41) is 5.24. The van der Waals surface area contributed by atoms with Gasteiger partial charge in [-0.2, -0.15) is 0 Å². The highest BCUT2D eigenvalue weighted by Crippen LogP contribution is 2.28. The van der Waals surface area contributed by atoms with Crippen molar-refractivity contribution >= 4 is 38.3 Å². The van der Waals surface area contributed by atoms with Crippen LogP contribution in [-0.4, -0.2) is 10.9 Å². The summed E-state index contributed by atoms with van der Waals surface area (Å²) in [5.41, 5.74) is 4.28. The summed E-state index contributed by atoms with van der Waals surface area (Å²) in [7, 11) is 0. The van der Waals surface area contributed by atoms with E-state index in [2.05, 4.69) is 44.4 Å². The second kappa shape index (κ2) is 6.06. The summed E-state index contributed by atoms with van der Waals surface area (Å²) in [5.74, 6) is -0.0667. The minimum Gasteiger partial charge on any atom is -0.444 e. The van der Waals surface area contributed by atoms with Gasteiger partial charge in [-0.1, -0.05) is 17.7 Å². The Bertz CT molecular complexity index is 838. The lowest BCUT2D eigenvalue weighted by Gasteiger charge is -2.03. The molecule has 3 rings (SSSR count). The van der Waals surface area contributed by atoms with Crippen LogP contribution in [0.2, 0.25) is 0 Å². The van der Waals surface area contributed by atoms with E-state index >= 15 is 0 Å². The maximum absolute atomic E-state index is 12.0. The zero-order valence-electron chi connectivity index (χ0n) is 12.0. The van der Waals surface area contributed by atoms with E-state index in [4.69, 9.17) is 4.42 Å². The van der Waals surface area contributed by atoms with Crippen molar-refractivity contribution < 1.29 is 9.21 Å². The van der Waals surface area contributed by atoms with Crippen LogP contribution in [-0.2, 0) is 0 Å². The minimum absolute atomic E-state index is 0.246. The maximum Gasteiger partial charge on any atom is 0.293 e. The van der Waals surface area contributed by atoms with Gasteiger partial charge in [-0.25, -0.2) is 4.98 Å². The highest BCUT2D eigenvalue weighted by atomic mass is 79.9. The van der Waals surface area contributed by atoms with Gasteiger partial charge < -0.3 is 4.42 Å². The van der Waals surface area contributed by atoms with Crippen LogP contribution >= 0.6 is 27.3 Å². The van der Waals surface area contributed by atoms with Gasteiger partial charge in [-0.3, -0.25) is 10.1 Å². The van der Waals surface area contributed by atoms with Crippen molar-refractivity contribution in [1.29, 1.82) is 0 Å². The Balaban J connectivity index is 1.82. The highest BCUT2D eigenvalue weighted by Gasteiger charge is 2.14. The molecule has 1 aromatic carbocycles. The van der Waals surface area contributed by atoms with Crippen LogP contribution in [0.4, 0.5) is 5.13 Å². The number of aromatic nitrogens is 1. The number of amides is 1. The van der Waals surface area contributed by atoms with E-state index in [1.807, 2.05) is 19.2 Å². The molecule has 0 saturated heterocycles. The second-order valence-corrected chi connectivity index (χ2v) is 6.55. The topological polar surface area (TPSA) is 55.1 Å². The number of halogens is 1. The Morgan fingerprint density at radius 2 is 2.09 bits per heavy atom. The number of thiazole rings is 1. The average Bonchev–Trinajstić information content (AvgIpc) is 3.11. The van der Waals surface area contributed by atoms with E-state index in [0.717, 1.165) is 16.8 Å². The molecule has 3 aromatic rings. The molecule has 2 aromatic heterocycles. The molecule has 112 valence electrons. The molecular weight excluding hydrogens is 364 g/mol. The first-order valence-electron chi connectivity index (χ1n) is 6.63. The van der Waals surface area contributed by atoms with E-state index in [1.54, 1.807) is 12.1 Å². The first-order valence-corrected chi connectivity index (χ1v) is 8.30. The second-order valence-electron chi connectivity index (χ2n) is 4.91. The third kappa shape index (κ3) is 3.13. The van der Waals surface area contributed by atoms with Crippen molar-refractivity contribution in [3.8, 4) is 11.3 Å². The van der Waals surface area contributed by atoms with Crippen molar-refractivity contribution in [1.82, 2.24) is 4.98 Å². The molecule has 6 heteroatoms. The van der Waals surface area contributed by atoms with Crippen LogP contribution < -0.4 is 5.32 Å². The molecule has 0 fully saturated rings. The summed E-state index contributed by atoms with van der Waals surface area (Å²) in [4.78, 5) is 16.5. The van der Waals surface area contributed by atoms with E-state index in [0.29, 0.717) is 9.80 Å². The Morgan fingerprint density at radius 1 is 1.27 bits per heavy atom. The fourth-order valence-electron chi connectivity index (χ4n) is 2.06. The maximum atomic E-state index is 12.0. The lowest BCUT2D eigenvalue weighted by Crippen LogP contribution is -2.10. The molecule has 0 aliphatic heterocycles. The van der Waals surface area contributed by atoms with Crippen LogP contribution in [0.3, 0.4) is 0 Å². The van der Waals surface area contributed by atoms with Gasteiger partial charge in [0.25, 0.3) is 5.91 Å². The molecule has 0 radical (unpaired) electrons. The Kier molecular flexibility index (Phi) is 4.13. The average molecular weight is 377 g/mol. The number of rotatable bonds is 3. The van der Waals surface area contributed by atoms with Gasteiger partial charge in [0.1, 0.15) is 0 Å². The monoisotopic (exact) mass is 376 g/mol. The van der Waals surface area contributed by atoms with Gasteiger partial charge in [0.15, 0.2) is 15.6 Å². The van der Waals surface area contributed by atoms with Crippen LogP contribution in [0, 0.1) is 13.8 Å². The summed E-state index contributed by atoms with van der Waals surface area (Å²) in [6.07, 6.45) is 0. The molecule has 1 N–H and O–H groups in total. The van der Waals surface area contributed by atoms with Gasteiger partial charge in [-0.05, 0) is 53.5 Å². The molecule has 0 bridgehead atoms. The smallest absolute Gasteiger partial charge is 0.293 e. The number of anilines is 1. The van der Waals surface area contributed by atoms with Gasteiger partial charge >= 0.3 is 0 Å². The van der Waals surface area contributed by atoms with Gasteiger partial charge in [0, 0.05) is 10.9 Å². The summed E-state index contributed by atoms with van der Waals surface area (Å²) < 4.78 is 5.75. The molecular formula is C16H13BrN2O2S. The zero-order chi connectivity index (χ0) is 15.7. The highest BCUT2D eigenvalue weighted by molar-refractivity contribution is 9.10. The first kappa shape index (κ1) is 15.0. The molecule has 4 nitrogen and oxygen atoms in total. The van der Waals surface area contributed by atoms with Gasteiger partial charge in [0.2, 0.25) is 0 Å². The van der Waals surface area contributed by atoms with Crippen LogP contribution in [0.15, 0.2) is 44.8 Å². The fraction of sp³-hybridized carbons (Fsp3) is 0.125. The Morgan fingerprint density at radius 3 is 2.82 bits per heavy atom. The number of nitrogens with one attached hydrogen (secondary N) is 1. The van der Waals surface area contributed by atoms with E-state index in [-0.39, 0.29) is 11.7 Å². The third-order valence-electron chi connectivity index (χ3n) is 3.19. The lowest BCUT2D eigenvalue weighted by atomic mass is 10.0. The zero-order valence-corrected chi connectivity index (χ0v) is 14.4. The SMILES string of the molecule is Cc1ccc(C)c(-c2csc(NC(=O)c3ccc(Br)o3)n2)c1. The molecule has 0 unspecified atom stereocenters. The molecule has 0 atom stereocenters. The van der Waals surface area contributed by atoms with Crippen LogP contribution in [0.1, 0.15) is 21.7 Å². The van der Waals surface area contributed by atoms with Crippen LogP contribution in [0.5, 0.6) is 0 Å². The van der Waals surface area contributed by atoms with Crippen molar-refractivity contribution in [2.24, 2.45) is 0 Å². The standard InChI is InChI=1S/C16H13BrN2O2S/c1-9-3-4-10(2)11(7-9)12-8-22-16(18-12)19-15(20)13-5-6-14(17)21-13/h3-8H,1-2H3,(H,18,19,20). The Hall–Kier alpha value is -1.92. The quantitative estimate of drug-likeness (QED) is 0.696. The van der Waals surface area contributed by atoms with Crippen molar-refractivity contribution in [2.75, 3.05) is 5.32 Å². The molecule has 0 spiro atoms. The van der Waals surface area contributed by atoms with Crippen molar-refractivity contribution in [2.45, 2.75) is 13.8 Å². The normalized spacial score (nSPS) is 10.7. The molecule has 0 aliphatic rings. The number of aryl methyl sites for hydroxylation is 2. The minimum atomic E-state index is -0.312. The predicted molar refractivity (Wildman–Crippen MR) is 91.4 cm³/mol. The summed E-state index contributed by atoms with van der Waals surface area (Å²) in [6.45, 7) is 4.10. The van der Waals surface area contributed by atoms with E-state index < -0.39 is 0 Å². The molecule has 2 heterocycles. The van der Waals surface area contributed by atoms with Crippen molar-refractivity contribution in [3.05, 3.63) is 57.3 Å².